The third-order valence-electron chi connectivity index (χ3n) is 17.5. The quantitative estimate of drug-likeness (QED) is 0.0359. The molecule has 0 spiro atoms. The molecule has 11 aromatic carbocycles. The third-order valence-corrected chi connectivity index (χ3v) is 18.7. The molecule has 0 aliphatic carbocycles. The van der Waals surface area contributed by atoms with Crippen molar-refractivity contribution < 1.29 is 84.4 Å². The van der Waals surface area contributed by atoms with Crippen LogP contribution in [0.25, 0.3) is 129 Å². The van der Waals surface area contributed by atoms with Crippen LogP contribution in [0, 0.1) is 0 Å². The van der Waals surface area contributed by atoms with E-state index in [1.165, 1.54) is 21.8 Å². The Kier molecular flexibility index (Phi) is 40.3. The van der Waals surface area contributed by atoms with Crippen molar-refractivity contribution in [1.82, 2.24) is 39.5 Å². The van der Waals surface area contributed by atoms with Crippen molar-refractivity contribution in [3.63, 3.8) is 0 Å². The van der Waals surface area contributed by atoms with Crippen LogP contribution in [-0.2, 0) is 0 Å². The molecule has 0 atom stereocenters. The summed E-state index contributed by atoms with van der Waals surface area (Å²) in [6.45, 7) is 3.49. The monoisotopic (exact) mass is 1720 g/mol. The summed E-state index contributed by atoms with van der Waals surface area (Å²) in [7, 11) is 0.750. The van der Waals surface area contributed by atoms with Gasteiger partial charge in [0.05, 0.1) is 33.8 Å². The number of nitrogens with two attached hydrogens (primary N) is 1. The zero-order chi connectivity index (χ0) is 79.1. The number of hydrogen-bond donors (Lipinski definition) is 2. The number of aliphatic hydroxyl groups is 1. The van der Waals surface area contributed by atoms with Gasteiger partial charge in [0, 0.05) is 131 Å². The van der Waals surface area contributed by atoms with E-state index in [9.17, 15) is 9.59 Å². The average molecular weight is 1720 g/mol. The first-order valence-electron chi connectivity index (χ1n) is 35.9. The van der Waals surface area contributed by atoms with Crippen LogP contribution >= 0.6 is 43.6 Å². The Hall–Kier alpha value is -11.2. The van der Waals surface area contributed by atoms with Crippen LogP contribution in [0.3, 0.4) is 0 Å². The molecular formula is C98H85Br2ClN10Na2O5. The van der Waals surface area contributed by atoms with Crippen LogP contribution in [0.15, 0.2) is 384 Å². The number of rotatable bonds is 13. The molecule has 0 bridgehead atoms. The summed E-state index contributed by atoms with van der Waals surface area (Å²) in [5.74, 6) is 1.87. The molecule has 0 aliphatic heterocycles. The van der Waals surface area contributed by atoms with Gasteiger partial charge in [0.15, 0.2) is 17.4 Å². The van der Waals surface area contributed by atoms with Gasteiger partial charge in [-0.3, -0.25) is 24.5 Å². The van der Waals surface area contributed by atoms with Gasteiger partial charge >= 0.3 is 59.1 Å². The number of carbonyl (C=O) groups excluding carboxylic acids is 2. The van der Waals surface area contributed by atoms with Gasteiger partial charge in [-0.2, -0.15) is 11.6 Å². The Morgan fingerprint density at radius 3 is 1.04 bits per heavy atom. The van der Waals surface area contributed by atoms with E-state index in [0.717, 1.165) is 129 Å². The first kappa shape index (κ1) is 95.6. The number of pyridine rings is 3. The molecule has 0 amide bonds. The zero-order valence-corrected chi connectivity index (χ0v) is 72.3. The standard InChI is InChI=1S/C39H26N4.C27H18BrN3.C12H9NO.C8H7BrO.C7H7ClN2.C2H6O.CH3O.2CH4.2Na.H2O/c1-2-9-30(10-3-1)39-41-35(28-18-16-27(17-19-28)31-11-8-24-40-26-31)25-36(42-39)29-20-22-32(23-21-29)43-37-14-6-4-12-33(37)34-13-5-7-15-38(34)43;28-24-14-12-21(13-15-24)26-17-25(30-27(31-26)22-5-2-1-3-6-22)20-10-8-19(9-11-20)23-7-4-16-29-18-23;14-9-10-3-5-11(6-4-10)12-2-1-7-13-8-12;1-6(10)7-2-4-8(9)5-3-7;8-10-7(9)6-4-2-1-3-5-6;1-2-3;1-2;;;;;/h1-26H;1-18H;1-9H;2-5H,1H3;1-5H,(H2,9,10);3H,2H2,1H3;1H3;2*1H4;;;1H2/q;;;;;;-1;;;2*+1;/p-1. The van der Waals surface area contributed by atoms with Gasteiger partial charge in [-0.05, 0) is 126 Å². The summed E-state index contributed by atoms with van der Waals surface area (Å²) >= 11 is 11.9. The molecule has 0 aliphatic rings. The number of nitrogens with zero attached hydrogens (tertiary/aromatic N) is 9. The maximum absolute atomic E-state index is 10.7. The Bertz CT molecular complexity index is 5830. The summed E-state index contributed by atoms with van der Waals surface area (Å²) in [4.78, 5) is 53.5. The molecule has 0 saturated carbocycles. The SMILES string of the molecule is Brc1ccc(-c2cc(-c3ccc(-c4cccnc4)cc3)nc(-c3ccccc3)n2)cc1.C.C.CC(=O)c1ccc(Br)cc1.CCO.C[O-].NC(=NCl)c1ccccc1.O=Cc1ccc(-c2cccnc2)cc1.[Na+].[Na+].[OH-].c1ccc(-c2nc(-c3ccc(-c4cccnc4)cc3)cc(-c3ccc(-n4c5ccccc5c5ccccc54)cc3)n2)cc1. The number of halogens is 3. The first-order chi connectivity index (χ1) is 55.4. The van der Waals surface area contributed by atoms with E-state index in [0.29, 0.717) is 23.0 Å². The van der Waals surface area contributed by atoms with E-state index in [-0.39, 0.29) is 91.8 Å². The van der Waals surface area contributed by atoms with Gasteiger partial charge in [-0.15, -0.1) is 0 Å². The minimum absolute atomic E-state index is 0. The Balaban J connectivity index is 0.000000250. The Labute approximate surface area is 755 Å². The van der Waals surface area contributed by atoms with Crippen LogP contribution in [0.4, 0.5) is 0 Å². The third kappa shape index (κ3) is 26.4. The molecule has 0 radical (unpaired) electrons. The number of Topliss-reactive ketones (excluding diaryl/α,β-unsaturated/α-hetero) is 1. The fraction of sp³-hybridized carbons (Fsp3) is 0.0612. The van der Waals surface area contributed by atoms with E-state index in [4.69, 9.17) is 47.7 Å². The summed E-state index contributed by atoms with van der Waals surface area (Å²) in [6.07, 6.45) is 11.7. The molecule has 0 unspecified atom stereocenters. The van der Waals surface area contributed by atoms with Crippen molar-refractivity contribution in [3.05, 3.63) is 396 Å². The van der Waals surface area contributed by atoms with Crippen LogP contribution in [0.2, 0.25) is 0 Å². The minimum atomic E-state index is 0. The largest absolute Gasteiger partial charge is 1.00 e. The number of aromatic nitrogens is 8. The number of aliphatic hydroxyl groups excluding tert-OH is 1. The van der Waals surface area contributed by atoms with Crippen molar-refractivity contribution in [3.8, 4) is 107 Å². The van der Waals surface area contributed by atoms with Crippen LogP contribution in [0.5, 0.6) is 0 Å². The normalized spacial score (nSPS) is 10.1. The van der Waals surface area contributed by atoms with Crippen LogP contribution < -0.4 is 70.0 Å². The number of aldehydes is 1. The van der Waals surface area contributed by atoms with Crippen molar-refractivity contribution >= 4 is 83.3 Å². The van der Waals surface area contributed by atoms with E-state index >= 15 is 0 Å². The molecule has 0 saturated heterocycles. The fourth-order valence-corrected chi connectivity index (χ4v) is 12.5. The van der Waals surface area contributed by atoms with E-state index in [2.05, 4.69) is 226 Å². The number of amidine groups is 1. The fourth-order valence-electron chi connectivity index (χ4n) is 11.9. The molecule has 20 heteroatoms. The number of fused-ring (bicyclic) bond motifs is 3. The first-order valence-corrected chi connectivity index (χ1v) is 37.9. The van der Waals surface area contributed by atoms with E-state index in [1.54, 1.807) is 62.9 Å². The van der Waals surface area contributed by atoms with Gasteiger partial charge in [-0.25, -0.2) is 19.9 Å². The van der Waals surface area contributed by atoms with Gasteiger partial charge in [0.1, 0.15) is 12.1 Å². The number of ketones is 1. The van der Waals surface area contributed by atoms with Crippen LogP contribution in [0.1, 0.15) is 55.0 Å². The van der Waals surface area contributed by atoms with Crippen LogP contribution in [-0.4, -0.2) is 81.7 Å². The maximum atomic E-state index is 10.7. The molecule has 580 valence electrons. The van der Waals surface area contributed by atoms with Crippen molar-refractivity contribution in [2.24, 2.45) is 10.2 Å². The second-order valence-corrected chi connectivity index (χ2v) is 26.9. The maximum Gasteiger partial charge on any atom is 1.00 e. The molecule has 15 nitrogen and oxygen atoms in total. The van der Waals surface area contributed by atoms with Gasteiger partial charge < -0.3 is 26.0 Å². The number of hydrogen-bond acceptors (Lipinski definition) is 13. The Morgan fingerprint density at radius 2 is 0.712 bits per heavy atom. The summed E-state index contributed by atoms with van der Waals surface area (Å²) in [5.41, 5.74) is 27.5. The van der Waals surface area contributed by atoms with E-state index in [1.807, 2.05) is 152 Å². The summed E-state index contributed by atoms with van der Waals surface area (Å²) < 4.78 is 7.70. The second kappa shape index (κ2) is 49.7. The van der Waals surface area contributed by atoms with Crippen molar-refractivity contribution in [2.45, 2.75) is 28.7 Å². The van der Waals surface area contributed by atoms with Gasteiger partial charge in [0.25, 0.3) is 0 Å². The molecule has 6 heterocycles. The summed E-state index contributed by atoms with van der Waals surface area (Å²) in [6, 6.07) is 111. The van der Waals surface area contributed by atoms with Crippen molar-refractivity contribution in [2.75, 3.05) is 13.7 Å². The predicted octanol–water partition coefficient (Wildman–Crippen LogP) is 17.8. The van der Waals surface area contributed by atoms with Gasteiger partial charge in [0.2, 0.25) is 0 Å². The number of carbonyl (C=O) groups is 2. The Morgan fingerprint density at radius 1 is 0.415 bits per heavy atom. The smallest absolute Gasteiger partial charge is 0.870 e. The number of benzene rings is 11. The minimum Gasteiger partial charge on any atom is -0.870 e. The molecule has 118 heavy (non-hydrogen) atoms. The predicted molar refractivity (Wildman–Crippen MR) is 481 cm³/mol. The summed E-state index contributed by atoms with van der Waals surface area (Å²) in [5, 5.41) is 18.3. The molecule has 17 aromatic rings. The molecule has 17 rings (SSSR count). The molecular weight excluding hydrogens is 1640 g/mol. The zero-order valence-electron chi connectivity index (χ0n) is 64.4. The molecule has 4 N–H and O–H groups in total. The second-order valence-electron chi connectivity index (χ2n) is 24.9. The average Bonchev–Trinajstić information content (AvgIpc) is 1.59. The van der Waals surface area contributed by atoms with E-state index < -0.39 is 0 Å². The number of para-hydroxylation sites is 2. The molecule has 6 aromatic heterocycles. The molecule has 0 fully saturated rings. The van der Waals surface area contributed by atoms with Crippen molar-refractivity contribution in [1.29, 1.82) is 0 Å². The van der Waals surface area contributed by atoms with Gasteiger partial charge in [-0.1, -0.05) is 302 Å². The topological polar surface area (TPSA) is 241 Å².